The minimum atomic E-state index is -3.70. The van der Waals surface area contributed by atoms with Crippen molar-refractivity contribution in [2.45, 2.75) is 17.7 Å². The van der Waals surface area contributed by atoms with Gasteiger partial charge in [0.25, 0.3) is 0 Å². The van der Waals surface area contributed by atoms with E-state index in [4.69, 9.17) is 9.47 Å². The van der Waals surface area contributed by atoms with Crippen LogP contribution in [-0.4, -0.2) is 41.3 Å². The number of carbonyl (C=O) groups excluding carboxylic acids is 1. The van der Waals surface area contributed by atoms with E-state index in [1.165, 1.54) is 19.2 Å². The van der Waals surface area contributed by atoms with Crippen LogP contribution in [0.3, 0.4) is 0 Å². The number of nitrogens with one attached hydrogen (secondary N) is 1. The van der Waals surface area contributed by atoms with Gasteiger partial charge in [0.2, 0.25) is 10.0 Å². The number of benzene rings is 1. The SMILES string of the molecule is COC(=O)CCNS(=O)(=O)c1ccc2c(c1)OCCCO2. The third-order valence-corrected chi connectivity index (χ3v) is 4.34. The Labute approximate surface area is 123 Å². The quantitative estimate of drug-likeness (QED) is 0.804. The summed E-state index contributed by atoms with van der Waals surface area (Å²) in [6.45, 7) is 0.992. The molecule has 0 aromatic heterocycles. The number of sulfonamides is 1. The first-order valence-corrected chi connectivity index (χ1v) is 7.97. The molecule has 1 N–H and O–H groups in total. The Kier molecular flexibility index (Phi) is 5.03. The normalized spacial score (nSPS) is 14.3. The van der Waals surface area contributed by atoms with Crippen LogP contribution in [0.25, 0.3) is 0 Å². The highest BCUT2D eigenvalue weighted by molar-refractivity contribution is 7.89. The molecule has 1 aromatic carbocycles. The summed E-state index contributed by atoms with van der Waals surface area (Å²) in [5, 5.41) is 0. The number of hydrogen-bond donors (Lipinski definition) is 1. The van der Waals surface area contributed by atoms with Gasteiger partial charge < -0.3 is 14.2 Å². The molecule has 0 bridgehead atoms. The highest BCUT2D eigenvalue weighted by Gasteiger charge is 2.18. The number of fused-ring (bicyclic) bond motifs is 1. The Bertz CT molecular complexity index is 613. The van der Waals surface area contributed by atoms with Gasteiger partial charge in [-0.15, -0.1) is 0 Å². The van der Waals surface area contributed by atoms with Gasteiger partial charge in [0.05, 0.1) is 31.6 Å². The lowest BCUT2D eigenvalue weighted by atomic mass is 10.3. The minimum absolute atomic E-state index is 0.0244. The maximum Gasteiger partial charge on any atom is 0.306 e. The van der Waals surface area contributed by atoms with Gasteiger partial charge in [-0.3, -0.25) is 4.79 Å². The maximum atomic E-state index is 12.1. The van der Waals surface area contributed by atoms with Crippen molar-refractivity contribution in [3.05, 3.63) is 18.2 Å². The number of hydrogen-bond acceptors (Lipinski definition) is 6. The lowest BCUT2D eigenvalue weighted by Gasteiger charge is -2.10. The van der Waals surface area contributed by atoms with Gasteiger partial charge >= 0.3 is 5.97 Å². The summed E-state index contributed by atoms with van der Waals surface area (Å²) in [4.78, 5) is 11.0. The zero-order chi connectivity index (χ0) is 15.3. The highest BCUT2D eigenvalue weighted by Crippen LogP contribution is 2.31. The topological polar surface area (TPSA) is 90.9 Å². The van der Waals surface area contributed by atoms with Gasteiger partial charge in [-0.1, -0.05) is 0 Å². The van der Waals surface area contributed by atoms with Gasteiger partial charge in [-0.05, 0) is 12.1 Å². The van der Waals surface area contributed by atoms with Crippen LogP contribution in [-0.2, 0) is 19.6 Å². The van der Waals surface area contributed by atoms with Crippen molar-refractivity contribution in [2.75, 3.05) is 26.9 Å². The monoisotopic (exact) mass is 315 g/mol. The number of carbonyl (C=O) groups is 1. The zero-order valence-electron chi connectivity index (χ0n) is 11.6. The Hall–Kier alpha value is -1.80. The van der Waals surface area contributed by atoms with Crippen molar-refractivity contribution in [2.24, 2.45) is 0 Å². The summed E-state index contributed by atoms with van der Waals surface area (Å²) < 4.78 is 41.9. The van der Waals surface area contributed by atoms with Gasteiger partial charge in [0, 0.05) is 19.0 Å². The molecule has 0 radical (unpaired) electrons. The van der Waals surface area contributed by atoms with E-state index in [2.05, 4.69) is 9.46 Å². The van der Waals surface area contributed by atoms with E-state index in [-0.39, 0.29) is 17.9 Å². The van der Waals surface area contributed by atoms with E-state index in [0.29, 0.717) is 24.7 Å². The molecule has 0 atom stereocenters. The summed E-state index contributed by atoms with van der Waals surface area (Å²) >= 11 is 0. The van der Waals surface area contributed by atoms with Gasteiger partial charge in [-0.25, -0.2) is 13.1 Å². The molecule has 0 unspecified atom stereocenters. The lowest BCUT2D eigenvalue weighted by Crippen LogP contribution is -2.26. The molecule has 0 saturated carbocycles. The molecule has 8 heteroatoms. The van der Waals surface area contributed by atoms with Crippen molar-refractivity contribution >= 4 is 16.0 Å². The van der Waals surface area contributed by atoms with Crippen LogP contribution in [0.1, 0.15) is 12.8 Å². The van der Waals surface area contributed by atoms with Crippen molar-refractivity contribution in [1.82, 2.24) is 4.72 Å². The number of methoxy groups -OCH3 is 1. The van der Waals surface area contributed by atoms with E-state index in [0.717, 1.165) is 6.42 Å². The fraction of sp³-hybridized carbons (Fsp3) is 0.462. The second-order valence-corrected chi connectivity index (χ2v) is 6.15. The summed E-state index contributed by atoms with van der Waals surface area (Å²) in [6, 6.07) is 4.42. The molecule has 1 aromatic rings. The average molecular weight is 315 g/mol. The molecule has 116 valence electrons. The first kappa shape index (κ1) is 15.6. The van der Waals surface area contributed by atoms with E-state index >= 15 is 0 Å². The van der Waals surface area contributed by atoms with Crippen LogP contribution in [0.15, 0.2) is 23.1 Å². The molecular weight excluding hydrogens is 298 g/mol. The largest absolute Gasteiger partial charge is 0.490 e. The van der Waals surface area contributed by atoms with Crippen LogP contribution in [0, 0.1) is 0 Å². The lowest BCUT2D eigenvalue weighted by molar-refractivity contribution is -0.140. The smallest absolute Gasteiger partial charge is 0.306 e. The molecule has 0 saturated heterocycles. The van der Waals surface area contributed by atoms with Gasteiger partial charge in [-0.2, -0.15) is 0 Å². The molecule has 2 rings (SSSR count). The molecule has 0 fully saturated rings. The molecule has 21 heavy (non-hydrogen) atoms. The van der Waals surface area contributed by atoms with Crippen molar-refractivity contribution in [3.8, 4) is 11.5 Å². The third-order valence-electron chi connectivity index (χ3n) is 2.88. The van der Waals surface area contributed by atoms with Crippen LogP contribution in [0.5, 0.6) is 11.5 Å². The van der Waals surface area contributed by atoms with Gasteiger partial charge in [0.15, 0.2) is 11.5 Å². The molecule has 0 spiro atoms. The Morgan fingerprint density at radius 2 is 2.00 bits per heavy atom. The predicted molar refractivity (Wildman–Crippen MR) is 73.9 cm³/mol. The number of ether oxygens (including phenoxy) is 3. The first-order valence-electron chi connectivity index (χ1n) is 6.49. The maximum absolute atomic E-state index is 12.1. The summed E-state index contributed by atoms with van der Waals surface area (Å²) in [5.74, 6) is 0.459. The fourth-order valence-corrected chi connectivity index (χ4v) is 2.83. The van der Waals surface area contributed by atoms with E-state index < -0.39 is 16.0 Å². The van der Waals surface area contributed by atoms with Crippen molar-refractivity contribution in [3.63, 3.8) is 0 Å². The molecule has 7 nitrogen and oxygen atoms in total. The van der Waals surface area contributed by atoms with E-state index in [1.807, 2.05) is 0 Å². The second-order valence-electron chi connectivity index (χ2n) is 4.38. The second kappa shape index (κ2) is 6.77. The highest BCUT2D eigenvalue weighted by atomic mass is 32.2. The van der Waals surface area contributed by atoms with Crippen LogP contribution < -0.4 is 14.2 Å². The van der Waals surface area contributed by atoms with Crippen molar-refractivity contribution in [1.29, 1.82) is 0 Å². The number of rotatable bonds is 5. The predicted octanol–water partition coefficient (Wildman–Crippen LogP) is 0.689. The Morgan fingerprint density at radius 3 is 2.71 bits per heavy atom. The summed E-state index contributed by atoms with van der Waals surface area (Å²) in [5.41, 5.74) is 0. The molecule has 0 amide bonds. The van der Waals surface area contributed by atoms with Crippen LogP contribution >= 0.6 is 0 Å². The first-order chi connectivity index (χ1) is 10.0. The Balaban J connectivity index is 2.09. The number of esters is 1. The zero-order valence-corrected chi connectivity index (χ0v) is 12.4. The molecule has 0 aliphatic carbocycles. The average Bonchev–Trinajstić information content (AvgIpc) is 2.71. The fourth-order valence-electron chi connectivity index (χ4n) is 1.78. The molecule has 1 aliphatic heterocycles. The molecule has 1 heterocycles. The van der Waals surface area contributed by atoms with Crippen molar-refractivity contribution < 1.29 is 27.4 Å². The minimum Gasteiger partial charge on any atom is -0.490 e. The van der Waals surface area contributed by atoms with E-state index in [9.17, 15) is 13.2 Å². The summed E-state index contributed by atoms with van der Waals surface area (Å²) in [6.07, 6.45) is 0.717. The van der Waals surface area contributed by atoms with Crippen LogP contribution in [0.2, 0.25) is 0 Å². The standard InChI is InChI=1S/C13H17NO6S/c1-18-13(15)5-6-14-21(16,17)10-3-4-11-12(9-10)20-8-2-7-19-11/h3-4,9,14H,2,5-8H2,1H3. The summed E-state index contributed by atoms with van der Waals surface area (Å²) in [7, 11) is -2.45. The van der Waals surface area contributed by atoms with E-state index in [1.54, 1.807) is 6.07 Å². The Morgan fingerprint density at radius 1 is 1.29 bits per heavy atom. The molecular formula is C13H17NO6S. The van der Waals surface area contributed by atoms with Gasteiger partial charge in [0.1, 0.15) is 0 Å². The van der Waals surface area contributed by atoms with Crippen LogP contribution in [0.4, 0.5) is 0 Å². The third kappa shape index (κ3) is 4.08. The molecule has 1 aliphatic rings.